The van der Waals surface area contributed by atoms with Gasteiger partial charge in [-0.3, -0.25) is 0 Å². The van der Waals surface area contributed by atoms with Crippen LogP contribution in [0, 0.1) is 12.8 Å². The van der Waals surface area contributed by atoms with Crippen LogP contribution in [0.3, 0.4) is 0 Å². The molecule has 0 aliphatic heterocycles. The van der Waals surface area contributed by atoms with Gasteiger partial charge in [0.15, 0.2) is 0 Å². The summed E-state index contributed by atoms with van der Waals surface area (Å²) in [4.78, 5) is 2.43. The predicted octanol–water partition coefficient (Wildman–Crippen LogP) is 3.12. The molecule has 1 aromatic rings. The third-order valence-corrected chi connectivity index (χ3v) is 4.11. The van der Waals surface area contributed by atoms with Crippen LogP contribution in [-0.2, 0) is 6.42 Å². The Morgan fingerprint density at radius 2 is 2.00 bits per heavy atom. The lowest BCUT2D eigenvalue weighted by Crippen LogP contribution is -2.24. The Labute approximate surface area is 111 Å². The van der Waals surface area contributed by atoms with E-state index in [4.69, 9.17) is 5.73 Å². The molecule has 1 saturated carbocycles. The topological polar surface area (TPSA) is 29.3 Å². The van der Waals surface area contributed by atoms with Gasteiger partial charge in [0.2, 0.25) is 0 Å². The van der Waals surface area contributed by atoms with Gasteiger partial charge >= 0.3 is 0 Å². The molecule has 100 valence electrons. The highest BCUT2D eigenvalue weighted by Crippen LogP contribution is 2.28. The van der Waals surface area contributed by atoms with Crippen LogP contribution in [0.5, 0.6) is 0 Å². The number of rotatable bonds is 5. The van der Waals surface area contributed by atoms with Crippen LogP contribution in [0.25, 0.3) is 0 Å². The number of hydrogen-bond acceptors (Lipinski definition) is 2. The second kappa shape index (κ2) is 6.24. The average molecular weight is 246 g/mol. The Bertz CT molecular complexity index is 381. The summed E-state index contributed by atoms with van der Waals surface area (Å²) in [5, 5.41) is 0. The van der Waals surface area contributed by atoms with Gasteiger partial charge in [0.1, 0.15) is 0 Å². The second-order valence-electron chi connectivity index (χ2n) is 5.69. The first-order chi connectivity index (χ1) is 8.70. The van der Waals surface area contributed by atoms with Crippen LogP contribution in [0.2, 0.25) is 0 Å². The van der Waals surface area contributed by atoms with Gasteiger partial charge in [0, 0.05) is 19.3 Å². The summed E-state index contributed by atoms with van der Waals surface area (Å²) in [6, 6.07) is 6.77. The van der Waals surface area contributed by atoms with Crippen LogP contribution in [0.1, 0.15) is 36.8 Å². The Kier molecular flexibility index (Phi) is 4.65. The number of aryl methyl sites for hydroxylation is 1. The smallest absolute Gasteiger partial charge is 0.0393 e. The monoisotopic (exact) mass is 246 g/mol. The zero-order chi connectivity index (χ0) is 13.0. The minimum Gasteiger partial charge on any atom is -0.374 e. The maximum atomic E-state index is 5.61. The van der Waals surface area contributed by atoms with Gasteiger partial charge in [0.05, 0.1) is 0 Å². The fraction of sp³-hybridized carbons (Fsp3) is 0.625. The molecule has 1 aliphatic rings. The number of benzene rings is 1. The van der Waals surface area contributed by atoms with Gasteiger partial charge in [-0.25, -0.2) is 0 Å². The molecule has 2 nitrogen and oxygen atoms in total. The summed E-state index contributed by atoms with van der Waals surface area (Å²) < 4.78 is 0. The zero-order valence-electron chi connectivity index (χ0n) is 11.8. The molecule has 2 N–H and O–H groups in total. The number of hydrogen-bond donors (Lipinski definition) is 1. The molecule has 0 radical (unpaired) electrons. The highest BCUT2D eigenvalue weighted by Gasteiger charge is 2.17. The first-order valence-corrected chi connectivity index (χ1v) is 7.21. The molecule has 0 amide bonds. The van der Waals surface area contributed by atoms with Gasteiger partial charge in [-0.05, 0) is 55.8 Å². The molecular weight excluding hydrogens is 220 g/mol. The highest BCUT2D eigenvalue weighted by atomic mass is 15.1. The van der Waals surface area contributed by atoms with E-state index in [9.17, 15) is 0 Å². The molecular formula is C16H26N2. The largest absolute Gasteiger partial charge is 0.374 e. The van der Waals surface area contributed by atoms with E-state index in [-0.39, 0.29) is 0 Å². The molecule has 1 aromatic carbocycles. The van der Waals surface area contributed by atoms with Crippen molar-refractivity contribution in [2.45, 2.75) is 39.0 Å². The lowest BCUT2D eigenvalue weighted by atomic mass is 10.0. The van der Waals surface area contributed by atoms with E-state index in [1.54, 1.807) is 0 Å². The number of nitrogens with two attached hydrogens (primary N) is 1. The Morgan fingerprint density at radius 3 is 2.61 bits per heavy atom. The third-order valence-electron chi connectivity index (χ3n) is 4.11. The van der Waals surface area contributed by atoms with Crippen molar-refractivity contribution < 1.29 is 0 Å². The molecule has 2 rings (SSSR count). The van der Waals surface area contributed by atoms with E-state index in [2.05, 4.69) is 37.1 Å². The van der Waals surface area contributed by atoms with Crippen molar-refractivity contribution in [2.75, 3.05) is 25.0 Å². The quantitative estimate of drug-likeness (QED) is 0.865. The van der Waals surface area contributed by atoms with Gasteiger partial charge in [0.25, 0.3) is 0 Å². The lowest BCUT2D eigenvalue weighted by Gasteiger charge is -2.25. The lowest BCUT2D eigenvalue weighted by molar-refractivity contribution is 0.546. The molecule has 18 heavy (non-hydrogen) atoms. The maximum Gasteiger partial charge on any atom is 0.0393 e. The van der Waals surface area contributed by atoms with Gasteiger partial charge < -0.3 is 10.6 Å². The predicted molar refractivity (Wildman–Crippen MR) is 79.2 cm³/mol. The zero-order valence-corrected chi connectivity index (χ0v) is 11.8. The summed E-state index contributed by atoms with van der Waals surface area (Å²) in [5.41, 5.74) is 9.72. The maximum absolute atomic E-state index is 5.61. The summed E-state index contributed by atoms with van der Waals surface area (Å²) in [7, 11) is 2.23. The van der Waals surface area contributed by atoms with Crippen molar-refractivity contribution in [1.29, 1.82) is 0 Å². The molecule has 0 heterocycles. The van der Waals surface area contributed by atoms with E-state index in [1.807, 2.05) is 0 Å². The fourth-order valence-electron chi connectivity index (χ4n) is 3.15. The minimum absolute atomic E-state index is 0.733. The summed E-state index contributed by atoms with van der Waals surface area (Å²) in [5.74, 6) is 0.901. The van der Waals surface area contributed by atoms with Gasteiger partial charge in [-0.15, -0.1) is 0 Å². The average Bonchev–Trinajstić information content (AvgIpc) is 2.82. The van der Waals surface area contributed by atoms with Gasteiger partial charge in [-0.2, -0.15) is 0 Å². The van der Waals surface area contributed by atoms with E-state index >= 15 is 0 Å². The Morgan fingerprint density at radius 1 is 1.28 bits per heavy atom. The first-order valence-electron chi connectivity index (χ1n) is 7.21. The molecule has 0 aromatic heterocycles. The van der Waals surface area contributed by atoms with Crippen LogP contribution < -0.4 is 10.6 Å². The van der Waals surface area contributed by atoms with Crippen LogP contribution in [0.4, 0.5) is 5.69 Å². The Hall–Kier alpha value is -1.02. The van der Waals surface area contributed by atoms with E-state index < -0.39 is 0 Å². The molecule has 1 aliphatic carbocycles. The van der Waals surface area contributed by atoms with Crippen LogP contribution >= 0.6 is 0 Å². The van der Waals surface area contributed by atoms with E-state index in [0.717, 1.165) is 18.9 Å². The standard InChI is InChI=1S/C16H26N2/c1-13-11-14(9-10-17)7-8-16(13)18(2)12-15-5-3-4-6-15/h7-8,11,15H,3-6,9-10,12,17H2,1-2H3. The van der Waals surface area contributed by atoms with Gasteiger partial charge in [-0.1, -0.05) is 25.0 Å². The molecule has 0 unspecified atom stereocenters. The van der Waals surface area contributed by atoms with Crippen molar-refractivity contribution >= 4 is 5.69 Å². The normalized spacial score (nSPS) is 16.2. The van der Waals surface area contributed by atoms with Crippen molar-refractivity contribution in [1.82, 2.24) is 0 Å². The van der Waals surface area contributed by atoms with E-state index in [1.165, 1.54) is 49.0 Å². The van der Waals surface area contributed by atoms with Crippen molar-refractivity contribution in [3.8, 4) is 0 Å². The molecule has 0 atom stereocenters. The van der Waals surface area contributed by atoms with Crippen LogP contribution in [0.15, 0.2) is 18.2 Å². The molecule has 0 saturated heterocycles. The molecule has 1 fully saturated rings. The summed E-state index contributed by atoms with van der Waals surface area (Å²) in [6.45, 7) is 4.15. The summed E-state index contributed by atoms with van der Waals surface area (Å²) >= 11 is 0. The van der Waals surface area contributed by atoms with Crippen molar-refractivity contribution in [3.05, 3.63) is 29.3 Å². The third kappa shape index (κ3) is 3.26. The Balaban J connectivity index is 2.02. The van der Waals surface area contributed by atoms with Crippen molar-refractivity contribution in [2.24, 2.45) is 11.7 Å². The first kappa shape index (κ1) is 13.4. The SMILES string of the molecule is Cc1cc(CCN)ccc1N(C)CC1CCCC1. The molecule has 0 spiro atoms. The molecule has 0 bridgehead atoms. The summed E-state index contributed by atoms with van der Waals surface area (Å²) in [6.07, 6.45) is 6.65. The fourth-order valence-corrected chi connectivity index (χ4v) is 3.15. The van der Waals surface area contributed by atoms with Crippen molar-refractivity contribution in [3.63, 3.8) is 0 Å². The number of nitrogens with zero attached hydrogens (tertiary/aromatic N) is 1. The highest BCUT2D eigenvalue weighted by molar-refractivity contribution is 5.54. The minimum atomic E-state index is 0.733. The number of anilines is 1. The van der Waals surface area contributed by atoms with E-state index in [0.29, 0.717) is 0 Å². The molecule has 2 heteroatoms. The second-order valence-corrected chi connectivity index (χ2v) is 5.69. The van der Waals surface area contributed by atoms with Crippen LogP contribution in [-0.4, -0.2) is 20.1 Å².